The third-order valence-corrected chi connectivity index (χ3v) is 4.42. The molecule has 0 unspecified atom stereocenters. The number of benzene rings is 2. The molecule has 0 amide bonds. The molecule has 0 N–H and O–H groups in total. The van der Waals surface area contributed by atoms with Crippen LogP contribution in [0.4, 0.5) is 0 Å². The zero-order valence-electron chi connectivity index (χ0n) is 16.1. The molecule has 0 saturated carbocycles. The Balaban J connectivity index is 2.09. The number of hydrogen-bond acceptors (Lipinski definition) is 7. The van der Waals surface area contributed by atoms with E-state index >= 15 is 0 Å². The summed E-state index contributed by atoms with van der Waals surface area (Å²) < 4.78 is 27.7. The zero-order chi connectivity index (χ0) is 20.3. The fourth-order valence-electron chi connectivity index (χ4n) is 3.19. The van der Waals surface area contributed by atoms with Crippen molar-refractivity contribution in [1.82, 2.24) is 0 Å². The highest BCUT2D eigenvalue weighted by Gasteiger charge is 2.44. The van der Waals surface area contributed by atoms with Crippen molar-refractivity contribution in [2.24, 2.45) is 0 Å². The van der Waals surface area contributed by atoms with Crippen molar-refractivity contribution in [3.8, 4) is 17.2 Å². The van der Waals surface area contributed by atoms with E-state index < -0.39 is 30.3 Å². The van der Waals surface area contributed by atoms with Crippen LogP contribution in [0.1, 0.15) is 37.2 Å². The molecule has 1 aliphatic heterocycles. The lowest BCUT2D eigenvalue weighted by Crippen LogP contribution is -2.39. The molecule has 2 aromatic rings. The minimum atomic E-state index is -0.851. The van der Waals surface area contributed by atoms with Gasteiger partial charge in [0.25, 0.3) is 0 Å². The first kappa shape index (κ1) is 19.5. The lowest BCUT2D eigenvalue weighted by atomic mass is 9.91. The summed E-state index contributed by atoms with van der Waals surface area (Å²) in [4.78, 5) is 23.5. The van der Waals surface area contributed by atoms with E-state index in [9.17, 15) is 9.59 Å². The Kier molecular flexibility index (Phi) is 5.73. The minimum absolute atomic E-state index is 0.487. The summed E-state index contributed by atoms with van der Waals surface area (Å²) in [7, 11) is 3.13. The quantitative estimate of drug-likeness (QED) is 0.729. The van der Waals surface area contributed by atoms with Gasteiger partial charge in [-0.05, 0) is 29.8 Å². The van der Waals surface area contributed by atoms with Crippen LogP contribution in [0.2, 0.25) is 0 Å². The second kappa shape index (κ2) is 8.21. The average molecular weight is 386 g/mol. The Hall–Kier alpha value is -3.22. The number of esters is 2. The molecule has 3 rings (SSSR count). The molecule has 0 fully saturated rings. The number of rotatable bonds is 5. The highest BCUT2D eigenvalue weighted by Crippen LogP contribution is 2.46. The molecule has 0 bridgehead atoms. The van der Waals surface area contributed by atoms with E-state index in [0.717, 1.165) is 5.56 Å². The number of fused-ring (bicyclic) bond motifs is 1. The Morgan fingerprint density at radius 3 is 2.04 bits per heavy atom. The Morgan fingerprint density at radius 2 is 1.46 bits per heavy atom. The molecule has 3 atom stereocenters. The highest BCUT2D eigenvalue weighted by atomic mass is 16.6. The third kappa shape index (κ3) is 4.03. The molecule has 0 aliphatic carbocycles. The van der Waals surface area contributed by atoms with Crippen LogP contribution >= 0.6 is 0 Å². The molecule has 0 aromatic heterocycles. The minimum Gasteiger partial charge on any atom is -0.497 e. The number of ether oxygens (including phenoxy) is 5. The summed E-state index contributed by atoms with van der Waals surface area (Å²) >= 11 is 0. The normalized spacial score (nSPS) is 20.4. The molecular weight excluding hydrogens is 364 g/mol. The number of carbonyl (C=O) groups is 2. The topological polar surface area (TPSA) is 80.3 Å². The van der Waals surface area contributed by atoms with Gasteiger partial charge in [-0.1, -0.05) is 12.1 Å². The molecular formula is C21H22O7. The van der Waals surface area contributed by atoms with Gasteiger partial charge in [-0.2, -0.15) is 0 Å². The first-order chi connectivity index (χ1) is 13.4. The van der Waals surface area contributed by atoms with Crippen LogP contribution in [0.25, 0.3) is 0 Å². The van der Waals surface area contributed by atoms with E-state index in [1.54, 1.807) is 44.6 Å². The largest absolute Gasteiger partial charge is 0.497 e. The predicted molar refractivity (Wildman–Crippen MR) is 99.4 cm³/mol. The first-order valence-corrected chi connectivity index (χ1v) is 8.76. The van der Waals surface area contributed by atoms with Gasteiger partial charge in [0.2, 0.25) is 0 Å². The summed E-state index contributed by atoms with van der Waals surface area (Å²) in [6, 6.07) is 12.4. The Bertz CT molecular complexity index is 860. The molecule has 148 valence electrons. The van der Waals surface area contributed by atoms with Gasteiger partial charge in [-0.25, -0.2) is 0 Å². The molecule has 0 saturated heterocycles. The second-order valence-electron chi connectivity index (χ2n) is 6.32. The number of carbonyl (C=O) groups excluding carboxylic acids is 2. The maximum absolute atomic E-state index is 11.8. The van der Waals surface area contributed by atoms with Crippen LogP contribution in [-0.2, 0) is 19.1 Å². The highest BCUT2D eigenvalue weighted by molar-refractivity contribution is 5.68. The standard InChI is InChI=1S/C21H22O7/c1-12(22)26-20-17-10-9-16(25-4)11-18(17)28-19(21(20)27-13(2)23)14-5-7-15(24-3)8-6-14/h5-11,19-21H,1-4H3/t19-,20-,21-/m1/s1. The molecule has 7 nitrogen and oxygen atoms in total. The third-order valence-electron chi connectivity index (χ3n) is 4.42. The molecule has 2 aromatic carbocycles. The van der Waals surface area contributed by atoms with E-state index in [4.69, 9.17) is 23.7 Å². The number of methoxy groups -OCH3 is 2. The average Bonchev–Trinajstić information content (AvgIpc) is 2.68. The van der Waals surface area contributed by atoms with Crippen LogP contribution in [0.3, 0.4) is 0 Å². The lowest BCUT2D eigenvalue weighted by molar-refractivity contribution is -0.178. The Morgan fingerprint density at radius 1 is 0.857 bits per heavy atom. The van der Waals surface area contributed by atoms with E-state index in [1.807, 2.05) is 12.1 Å². The molecule has 0 spiro atoms. The maximum atomic E-state index is 11.8. The number of hydrogen-bond donors (Lipinski definition) is 0. The van der Waals surface area contributed by atoms with E-state index in [1.165, 1.54) is 13.8 Å². The predicted octanol–water partition coefficient (Wildman–Crippen LogP) is 3.37. The van der Waals surface area contributed by atoms with Crippen molar-refractivity contribution in [3.05, 3.63) is 53.6 Å². The monoisotopic (exact) mass is 386 g/mol. The molecule has 28 heavy (non-hydrogen) atoms. The van der Waals surface area contributed by atoms with Crippen molar-refractivity contribution < 1.29 is 33.3 Å². The van der Waals surface area contributed by atoms with Crippen molar-refractivity contribution in [1.29, 1.82) is 0 Å². The fourth-order valence-corrected chi connectivity index (χ4v) is 3.19. The van der Waals surface area contributed by atoms with Crippen molar-refractivity contribution in [2.45, 2.75) is 32.2 Å². The van der Waals surface area contributed by atoms with Crippen LogP contribution < -0.4 is 14.2 Å². The second-order valence-corrected chi connectivity index (χ2v) is 6.32. The summed E-state index contributed by atoms with van der Waals surface area (Å²) in [5.41, 5.74) is 1.35. The molecule has 1 aliphatic rings. The van der Waals surface area contributed by atoms with Gasteiger partial charge < -0.3 is 23.7 Å². The zero-order valence-corrected chi connectivity index (χ0v) is 16.1. The van der Waals surface area contributed by atoms with Gasteiger partial charge in [0.15, 0.2) is 18.3 Å². The van der Waals surface area contributed by atoms with E-state index in [2.05, 4.69) is 0 Å². The summed E-state index contributed by atoms with van der Waals surface area (Å²) in [5, 5.41) is 0. The van der Waals surface area contributed by atoms with Gasteiger partial charge in [0, 0.05) is 25.5 Å². The summed E-state index contributed by atoms with van der Waals surface area (Å²) in [6.07, 6.45) is -2.35. The maximum Gasteiger partial charge on any atom is 0.303 e. The Labute approximate surface area is 163 Å². The summed E-state index contributed by atoms with van der Waals surface area (Å²) in [5.74, 6) is 0.789. The first-order valence-electron chi connectivity index (χ1n) is 8.76. The van der Waals surface area contributed by atoms with Gasteiger partial charge in [-0.3, -0.25) is 9.59 Å². The van der Waals surface area contributed by atoms with Crippen molar-refractivity contribution in [2.75, 3.05) is 14.2 Å². The fraction of sp³-hybridized carbons (Fsp3) is 0.333. The van der Waals surface area contributed by atoms with Crippen LogP contribution in [0.5, 0.6) is 17.2 Å². The molecule has 1 heterocycles. The summed E-state index contributed by atoms with van der Waals surface area (Å²) in [6.45, 7) is 2.62. The van der Waals surface area contributed by atoms with Gasteiger partial charge >= 0.3 is 11.9 Å². The van der Waals surface area contributed by atoms with Gasteiger partial charge in [0.05, 0.1) is 14.2 Å². The lowest BCUT2D eigenvalue weighted by Gasteiger charge is -2.38. The van der Waals surface area contributed by atoms with E-state index in [-0.39, 0.29) is 0 Å². The van der Waals surface area contributed by atoms with E-state index in [0.29, 0.717) is 22.8 Å². The molecule has 0 radical (unpaired) electrons. The van der Waals surface area contributed by atoms with Crippen LogP contribution in [0.15, 0.2) is 42.5 Å². The molecule has 7 heteroatoms. The van der Waals surface area contributed by atoms with Gasteiger partial charge in [-0.15, -0.1) is 0 Å². The van der Waals surface area contributed by atoms with Crippen LogP contribution in [0, 0.1) is 0 Å². The SMILES string of the molecule is COc1ccc([C@H]2Oc3cc(OC)ccc3[C@@H](OC(C)=O)[C@@H]2OC(C)=O)cc1. The van der Waals surface area contributed by atoms with Crippen molar-refractivity contribution >= 4 is 11.9 Å². The van der Waals surface area contributed by atoms with Gasteiger partial charge in [0.1, 0.15) is 17.2 Å². The smallest absolute Gasteiger partial charge is 0.303 e. The van der Waals surface area contributed by atoms with Crippen LogP contribution in [-0.4, -0.2) is 32.3 Å². The van der Waals surface area contributed by atoms with Crippen molar-refractivity contribution in [3.63, 3.8) is 0 Å².